The third kappa shape index (κ3) is 2.89. The Bertz CT molecular complexity index is 528. The Morgan fingerprint density at radius 2 is 2.17 bits per heavy atom. The second-order valence-corrected chi connectivity index (χ2v) is 5.45. The molecule has 0 fully saturated rings. The highest BCUT2D eigenvalue weighted by Crippen LogP contribution is 2.15. The third-order valence-corrected chi connectivity index (χ3v) is 3.33. The van der Waals surface area contributed by atoms with Crippen LogP contribution in [0.4, 0.5) is 0 Å². The molecule has 0 atom stereocenters. The number of aromatic nitrogens is 2. The van der Waals surface area contributed by atoms with Crippen LogP contribution in [-0.2, 0) is 13.6 Å². The van der Waals surface area contributed by atoms with Gasteiger partial charge in [0.1, 0.15) is 0 Å². The molecule has 0 bridgehead atoms. The lowest BCUT2D eigenvalue weighted by atomic mass is 10.0. The summed E-state index contributed by atoms with van der Waals surface area (Å²) in [5.41, 5.74) is 9.16. The van der Waals surface area contributed by atoms with Crippen molar-refractivity contribution in [1.82, 2.24) is 14.9 Å². The lowest BCUT2D eigenvalue weighted by Crippen LogP contribution is -2.40. The number of hydrogen-bond donors (Lipinski definition) is 2. The number of benzene rings is 1. The van der Waals surface area contributed by atoms with Gasteiger partial charge in [-0.15, -0.1) is 0 Å². The maximum absolute atomic E-state index is 5.61. The average Bonchev–Trinajstić information content (AvgIpc) is 2.68. The quantitative estimate of drug-likeness (QED) is 0.845. The number of nitrogens with zero attached hydrogens (tertiary/aromatic N) is 2. The van der Waals surface area contributed by atoms with Gasteiger partial charge in [0.15, 0.2) is 0 Å². The van der Waals surface area contributed by atoms with Crippen LogP contribution >= 0.6 is 0 Å². The van der Waals surface area contributed by atoms with Crippen molar-refractivity contribution in [2.45, 2.75) is 32.4 Å². The molecule has 0 aliphatic carbocycles. The zero-order valence-electron chi connectivity index (χ0n) is 11.4. The molecule has 3 N–H and O–H groups in total. The molecule has 0 unspecified atom stereocenters. The van der Waals surface area contributed by atoms with Crippen molar-refractivity contribution >= 4 is 11.0 Å². The van der Waals surface area contributed by atoms with Crippen LogP contribution in [0.2, 0.25) is 0 Å². The van der Waals surface area contributed by atoms with Gasteiger partial charge < -0.3 is 15.6 Å². The fourth-order valence-electron chi connectivity index (χ4n) is 2.08. The lowest BCUT2D eigenvalue weighted by molar-refractivity contribution is 0.365. The fraction of sp³-hybridized carbons (Fsp3) is 0.500. The number of rotatable bonds is 5. The first-order valence-electron chi connectivity index (χ1n) is 6.37. The minimum atomic E-state index is 0.0772. The first-order chi connectivity index (χ1) is 8.52. The first kappa shape index (κ1) is 13.1. The molecule has 0 aliphatic heterocycles. The number of hydrogen-bond acceptors (Lipinski definition) is 3. The van der Waals surface area contributed by atoms with Crippen molar-refractivity contribution < 1.29 is 0 Å². The van der Waals surface area contributed by atoms with Crippen LogP contribution in [0.3, 0.4) is 0 Å². The standard InChI is InChI=1S/C14H22N4/c1-14(2,6-7-15)17-9-11-4-5-13-12(8-11)16-10-18(13)3/h4-5,8,10,17H,6-7,9,15H2,1-3H3. The summed E-state index contributed by atoms with van der Waals surface area (Å²) < 4.78 is 2.03. The summed E-state index contributed by atoms with van der Waals surface area (Å²) >= 11 is 0. The normalized spacial score (nSPS) is 12.2. The number of nitrogens with two attached hydrogens (primary N) is 1. The Kier molecular flexibility index (Phi) is 3.68. The molecule has 4 nitrogen and oxygen atoms in total. The van der Waals surface area contributed by atoms with Crippen LogP contribution in [0, 0.1) is 0 Å². The maximum Gasteiger partial charge on any atom is 0.0955 e. The van der Waals surface area contributed by atoms with Gasteiger partial charge in [-0.2, -0.15) is 0 Å². The van der Waals surface area contributed by atoms with Crippen molar-refractivity contribution in [3.63, 3.8) is 0 Å². The Labute approximate surface area is 108 Å². The molecule has 4 heteroatoms. The fourth-order valence-corrected chi connectivity index (χ4v) is 2.08. The highest BCUT2D eigenvalue weighted by molar-refractivity contribution is 5.75. The van der Waals surface area contributed by atoms with Crippen LogP contribution in [0.5, 0.6) is 0 Å². The van der Waals surface area contributed by atoms with Gasteiger partial charge in [-0.1, -0.05) is 6.07 Å². The number of imidazole rings is 1. The second kappa shape index (κ2) is 5.08. The van der Waals surface area contributed by atoms with E-state index in [1.54, 1.807) is 0 Å². The van der Waals surface area contributed by atoms with Gasteiger partial charge in [0.25, 0.3) is 0 Å². The van der Waals surface area contributed by atoms with E-state index >= 15 is 0 Å². The van der Waals surface area contributed by atoms with Crippen molar-refractivity contribution in [3.8, 4) is 0 Å². The van der Waals surface area contributed by atoms with Crippen LogP contribution in [-0.4, -0.2) is 21.6 Å². The molecular formula is C14H22N4. The van der Waals surface area contributed by atoms with E-state index in [1.807, 2.05) is 17.9 Å². The molecule has 98 valence electrons. The van der Waals surface area contributed by atoms with Crippen LogP contribution in [0.25, 0.3) is 11.0 Å². The summed E-state index contributed by atoms with van der Waals surface area (Å²) in [6.45, 7) is 5.91. The molecule has 0 spiro atoms. The topological polar surface area (TPSA) is 55.9 Å². The van der Waals surface area contributed by atoms with E-state index in [2.05, 4.69) is 42.3 Å². The Morgan fingerprint density at radius 3 is 2.89 bits per heavy atom. The third-order valence-electron chi connectivity index (χ3n) is 3.33. The average molecular weight is 246 g/mol. The Morgan fingerprint density at radius 1 is 1.39 bits per heavy atom. The highest BCUT2D eigenvalue weighted by Gasteiger charge is 2.15. The molecule has 2 aromatic rings. The van der Waals surface area contributed by atoms with E-state index in [0.29, 0.717) is 6.54 Å². The second-order valence-electron chi connectivity index (χ2n) is 5.45. The number of aryl methyl sites for hydroxylation is 1. The van der Waals surface area contributed by atoms with Crippen molar-refractivity contribution in [2.75, 3.05) is 6.54 Å². The van der Waals surface area contributed by atoms with Gasteiger partial charge >= 0.3 is 0 Å². The summed E-state index contributed by atoms with van der Waals surface area (Å²) in [7, 11) is 2.01. The highest BCUT2D eigenvalue weighted by atomic mass is 15.0. The zero-order chi connectivity index (χ0) is 13.2. The number of nitrogens with one attached hydrogen (secondary N) is 1. The molecule has 0 radical (unpaired) electrons. The molecule has 1 aromatic heterocycles. The van der Waals surface area contributed by atoms with Gasteiger partial charge in [-0.05, 0) is 44.5 Å². The van der Waals surface area contributed by atoms with E-state index in [0.717, 1.165) is 18.5 Å². The number of fused-ring (bicyclic) bond motifs is 1. The molecule has 18 heavy (non-hydrogen) atoms. The molecule has 1 aromatic carbocycles. The molecule has 0 saturated heterocycles. The molecule has 1 heterocycles. The van der Waals surface area contributed by atoms with Gasteiger partial charge in [-0.25, -0.2) is 4.98 Å². The SMILES string of the molecule is Cn1cnc2cc(CNC(C)(C)CCN)ccc21. The lowest BCUT2D eigenvalue weighted by Gasteiger charge is -2.25. The molecule has 0 amide bonds. The molecule has 2 rings (SSSR count). The minimum absolute atomic E-state index is 0.0772. The van der Waals surface area contributed by atoms with Crippen molar-refractivity contribution in [1.29, 1.82) is 0 Å². The van der Waals surface area contributed by atoms with Gasteiger partial charge in [0.05, 0.1) is 17.4 Å². The Balaban J connectivity index is 2.08. The summed E-state index contributed by atoms with van der Waals surface area (Å²) in [4.78, 5) is 4.37. The van der Waals surface area contributed by atoms with Crippen LogP contribution in [0.1, 0.15) is 25.8 Å². The largest absolute Gasteiger partial charge is 0.334 e. The van der Waals surface area contributed by atoms with E-state index in [1.165, 1.54) is 11.1 Å². The van der Waals surface area contributed by atoms with E-state index < -0.39 is 0 Å². The maximum atomic E-state index is 5.61. The van der Waals surface area contributed by atoms with Crippen molar-refractivity contribution in [3.05, 3.63) is 30.1 Å². The van der Waals surface area contributed by atoms with E-state index in [4.69, 9.17) is 5.73 Å². The smallest absolute Gasteiger partial charge is 0.0955 e. The molecule has 0 saturated carbocycles. The monoisotopic (exact) mass is 246 g/mol. The Hall–Kier alpha value is -1.39. The van der Waals surface area contributed by atoms with E-state index in [9.17, 15) is 0 Å². The molecule has 0 aliphatic rings. The van der Waals surface area contributed by atoms with Crippen molar-refractivity contribution in [2.24, 2.45) is 12.8 Å². The van der Waals surface area contributed by atoms with E-state index in [-0.39, 0.29) is 5.54 Å². The summed E-state index contributed by atoms with van der Waals surface area (Å²) in [5.74, 6) is 0. The van der Waals surface area contributed by atoms with Gasteiger partial charge in [0, 0.05) is 19.1 Å². The van der Waals surface area contributed by atoms with Crippen LogP contribution < -0.4 is 11.1 Å². The first-order valence-corrected chi connectivity index (χ1v) is 6.37. The summed E-state index contributed by atoms with van der Waals surface area (Å²) in [6, 6.07) is 6.41. The van der Waals surface area contributed by atoms with Gasteiger partial charge in [-0.3, -0.25) is 0 Å². The zero-order valence-corrected chi connectivity index (χ0v) is 11.4. The minimum Gasteiger partial charge on any atom is -0.334 e. The van der Waals surface area contributed by atoms with Crippen LogP contribution in [0.15, 0.2) is 24.5 Å². The molecular weight excluding hydrogens is 224 g/mol. The summed E-state index contributed by atoms with van der Waals surface area (Å²) in [5, 5.41) is 3.53. The summed E-state index contributed by atoms with van der Waals surface area (Å²) in [6.07, 6.45) is 2.82. The predicted octanol–water partition coefficient (Wildman–Crippen LogP) is 1.79. The van der Waals surface area contributed by atoms with Gasteiger partial charge in [0.2, 0.25) is 0 Å². The predicted molar refractivity (Wildman–Crippen MR) is 75.3 cm³/mol.